The fourth-order valence-electron chi connectivity index (χ4n) is 6.05. The third-order valence-corrected chi connectivity index (χ3v) is 7.84. The van der Waals surface area contributed by atoms with Crippen LogP contribution in [0.25, 0.3) is 0 Å². The molecule has 0 aromatic carbocycles. The molecule has 3 aliphatic heterocycles. The summed E-state index contributed by atoms with van der Waals surface area (Å²) in [6.45, 7) is 29.4. The second-order valence-corrected chi connectivity index (χ2v) is 14.2. The van der Waals surface area contributed by atoms with E-state index in [2.05, 4.69) is 69.2 Å². The molecule has 0 aromatic rings. The van der Waals surface area contributed by atoms with Gasteiger partial charge in [-0.1, -0.05) is 13.8 Å². The van der Waals surface area contributed by atoms with Gasteiger partial charge in [0.2, 0.25) is 0 Å². The molecule has 3 heterocycles. The highest BCUT2D eigenvalue weighted by atomic mass is 16.6. The summed E-state index contributed by atoms with van der Waals surface area (Å²) in [5.74, 6) is 1.26. The lowest BCUT2D eigenvalue weighted by Crippen LogP contribution is -2.58. The van der Waals surface area contributed by atoms with Crippen LogP contribution in [0, 0.1) is 11.8 Å². The molecule has 0 spiro atoms. The molecule has 7 heteroatoms. The zero-order chi connectivity index (χ0) is 26.4. The van der Waals surface area contributed by atoms with Gasteiger partial charge < -0.3 is 20.4 Å². The van der Waals surface area contributed by atoms with Crippen molar-refractivity contribution in [2.75, 3.05) is 6.61 Å². The first kappa shape index (κ1) is 30.8. The van der Waals surface area contributed by atoms with Crippen molar-refractivity contribution < 1.29 is 20.4 Å². The first-order chi connectivity index (χ1) is 14.4. The lowest BCUT2D eigenvalue weighted by molar-refractivity contribution is -0.249. The molecule has 1 unspecified atom stereocenters. The van der Waals surface area contributed by atoms with Gasteiger partial charge in [0.25, 0.3) is 0 Å². The van der Waals surface area contributed by atoms with E-state index in [1.165, 1.54) is 15.2 Å². The van der Waals surface area contributed by atoms with Crippen LogP contribution in [0.3, 0.4) is 0 Å². The largest absolute Gasteiger partial charge is 0.357 e. The fourth-order valence-corrected chi connectivity index (χ4v) is 6.05. The van der Waals surface area contributed by atoms with E-state index in [0.717, 1.165) is 19.3 Å². The molecule has 198 valence electrons. The molecule has 1 atom stereocenters. The van der Waals surface area contributed by atoms with E-state index in [1.807, 2.05) is 27.7 Å². The van der Waals surface area contributed by atoms with Gasteiger partial charge in [-0.25, -0.2) is 0 Å². The van der Waals surface area contributed by atoms with Crippen LogP contribution in [0.5, 0.6) is 0 Å². The second kappa shape index (κ2) is 9.64. The number of nitrogens with zero attached hydrogens (tertiary/aromatic N) is 3. The molecular weight excluding hydrogens is 418 g/mol. The predicted octanol–water partition coefficient (Wildman–Crippen LogP) is 6.16. The van der Waals surface area contributed by atoms with Gasteiger partial charge in [-0.05, 0) is 114 Å². The lowest BCUT2D eigenvalue weighted by atomic mass is 9.76. The first-order valence-corrected chi connectivity index (χ1v) is 12.5. The molecule has 3 N–H and O–H groups in total. The topological polar surface area (TPSA) is 79.6 Å². The molecule has 3 fully saturated rings. The van der Waals surface area contributed by atoms with Gasteiger partial charge in [0.1, 0.15) is 5.72 Å². The van der Waals surface area contributed by atoms with Crippen molar-refractivity contribution in [1.29, 1.82) is 0 Å². The van der Waals surface area contributed by atoms with Crippen molar-refractivity contribution in [2.45, 2.75) is 150 Å². The van der Waals surface area contributed by atoms with Crippen LogP contribution in [-0.4, -0.2) is 70.8 Å². The Labute approximate surface area is 203 Å². The highest BCUT2D eigenvalue weighted by Crippen LogP contribution is 2.43. The number of piperidine rings is 1. The van der Waals surface area contributed by atoms with Crippen LogP contribution in [0.2, 0.25) is 0 Å². The van der Waals surface area contributed by atoms with Crippen molar-refractivity contribution >= 4 is 0 Å². The van der Waals surface area contributed by atoms with Crippen molar-refractivity contribution in [2.24, 2.45) is 11.8 Å². The zero-order valence-electron chi connectivity index (χ0n) is 24.1. The van der Waals surface area contributed by atoms with Crippen molar-refractivity contribution in [1.82, 2.24) is 15.2 Å². The summed E-state index contributed by atoms with van der Waals surface area (Å²) in [4.78, 5) is 0. The molecule has 0 aromatic heterocycles. The van der Waals surface area contributed by atoms with E-state index in [9.17, 15) is 15.6 Å². The van der Waals surface area contributed by atoms with Crippen LogP contribution in [0.4, 0.5) is 0 Å². The highest BCUT2D eigenvalue weighted by Gasteiger charge is 2.49. The molecule has 0 bridgehead atoms. The summed E-state index contributed by atoms with van der Waals surface area (Å²) in [7, 11) is 0. The van der Waals surface area contributed by atoms with Gasteiger partial charge in [-0.3, -0.25) is 0 Å². The van der Waals surface area contributed by atoms with E-state index in [1.54, 1.807) is 0 Å². The fraction of sp³-hybridized carbons (Fsp3) is 1.00. The van der Waals surface area contributed by atoms with E-state index in [4.69, 9.17) is 4.74 Å². The number of rotatable bonds is 0. The minimum Gasteiger partial charge on any atom is -0.357 e. The molecule has 3 saturated heterocycles. The van der Waals surface area contributed by atoms with Gasteiger partial charge in [0, 0.05) is 22.2 Å². The van der Waals surface area contributed by atoms with Crippen LogP contribution in [0.15, 0.2) is 0 Å². The molecule has 0 radical (unpaired) electrons. The average Bonchev–Trinajstić information content (AvgIpc) is 2.89. The van der Waals surface area contributed by atoms with E-state index < -0.39 is 5.72 Å². The van der Waals surface area contributed by atoms with E-state index in [-0.39, 0.29) is 27.7 Å². The molecule has 3 rings (SSSR count). The quantitative estimate of drug-likeness (QED) is 0.389. The minimum absolute atomic E-state index is 0.0527. The van der Waals surface area contributed by atoms with Gasteiger partial charge in [0.05, 0.1) is 12.1 Å². The summed E-state index contributed by atoms with van der Waals surface area (Å²) in [5, 5.41) is 33.5. The Kier molecular flexibility index (Phi) is 8.98. The third-order valence-electron chi connectivity index (χ3n) is 7.84. The Morgan fingerprint density at radius 3 is 1.15 bits per heavy atom. The molecule has 0 aliphatic carbocycles. The summed E-state index contributed by atoms with van der Waals surface area (Å²) in [5.41, 5.74) is -1.03. The van der Waals surface area contributed by atoms with Crippen LogP contribution in [0.1, 0.15) is 116 Å². The van der Waals surface area contributed by atoms with Crippen LogP contribution in [-0.2, 0) is 4.74 Å². The molecule has 33 heavy (non-hydrogen) atoms. The summed E-state index contributed by atoms with van der Waals surface area (Å²) < 4.78 is 5.34. The minimum atomic E-state index is -0.524. The maximum absolute atomic E-state index is 9.92. The second-order valence-electron chi connectivity index (χ2n) is 14.2. The van der Waals surface area contributed by atoms with Crippen molar-refractivity contribution in [3.8, 4) is 0 Å². The average molecular weight is 474 g/mol. The monoisotopic (exact) mass is 473 g/mol. The zero-order valence-corrected chi connectivity index (χ0v) is 24.1. The lowest BCUT2D eigenvalue weighted by Gasteiger charge is -2.50. The molecule has 0 saturated carbocycles. The maximum atomic E-state index is 9.92. The molecule has 3 aliphatic rings. The molecular formula is C26H55N3O4. The van der Waals surface area contributed by atoms with E-state index in [0.29, 0.717) is 18.4 Å². The number of hydrogen-bond acceptors (Lipinski definition) is 7. The number of hydrogen-bond donors (Lipinski definition) is 3. The standard InChI is InChI=1S/C10H21NO.C9H19NO.C7H15NO2/c1-8-6-9(2,3)11(12)10(4,5)7-8;1-7-6-8(2,3)10(11)9(7,4)5;1-6(2)5-10-7(3,4)8(6)9/h8,12H,6-7H2,1-5H3;7,11H,6H2,1-5H3;9H,5H2,1-4H3. The predicted molar refractivity (Wildman–Crippen MR) is 133 cm³/mol. The number of ether oxygens (including phenoxy) is 1. The summed E-state index contributed by atoms with van der Waals surface area (Å²) >= 11 is 0. The Balaban J connectivity index is 0.000000249. The Morgan fingerprint density at radius 2 is 0.970 bits per heavy atom. The van der Waals surface area contributed by atoms with Gasteiger partial charge in [-0.15, -0.1) is 0 Å². The SMILES string of the molecule is CC1(C)COC(C)(C)N1O.CC1CC(C)(C)N(O)C(C)(C)C1.CC1CC(C)(C)N(O)C1(C)C. The smallest absolute Gasteiger partial charge is 0.138 e. The molecule has 0 amide bonds. The maximum Gasteiger partial charge on any atom is 0.138 e. The van der Waals surface area contributed by atoms with Gasteiger partial charge >= 0.3 is 0 Å². The highest BCUT2D eigenvalue weighted by molar-refractivity contribution is 5.00. The van der Waals surface area contributed by atoms with Crippen LogP contribution < -0.4 is 0 Å². The van der Waals surface area contributed by atoms with Gasteiger partial charge in [-0.2, -0.15) is 15.2 Å². The number of hydroxylamine groups is 6. The van der Waals surface area contributed by atoms with Crippen LogP contribution >= 0.6 is 0 Å². The molecule has 7 nitrogen and oxygen atoms in total. The van der Waals surface area contributed by atoms with E-state index >= 15 is 0 Å². The summed E-state index contributed by atoms with van der Waals surface area (Å²) in [6, 6.07) is 0. The van der Waals surface area contributed by atoms with Crippen molar-refractivity contribution in [3.63, 3.8) is 0 Å². The Hall–Kier alpha value is -0.280. The Bertz CT molecular complexity index is 624. The first-order valence-electron chi connectivity index (χ1n) is 12.5. The summed E-state index contributed by atoms with van der Waals surface area (Å²) in [6.07, 6.45) is 3.22. The Morgan fingerprint density at radius 1 is 0.576 bits per heavy atom. The van der Waals surface area contributed by atoms with Gasteiger partial charge in [0.15, 0.2) is 0 Å². The third kappa shape index (κ3) is 6.90. The normalized spacial score (nSPS) is 32.5. The van der Waals surface area contributed by atoms with Crippen molar-refractivity contribution in [3.05, 3.63) is 0 Å².